The largest absolute Gasteiger partial charge is 0.465 e. The summed E-state index contributed by atoms with van der Waals surface area (Å²) < 4.78 is 10.1. The molecule has 1 aliphatic heterocycles. The van der Waals surface area contributed by atoms with E-state index in [2.05, 4.69) is 0 Å². The van der Waals surface area contributed by atoms with Gasteiger partial charge in [-0.2, -0.15) is 0 Å². The van der Waals surface area contributed by atoms with E-state index in [1.165, 1.54) is 11.8 Å². The highest BCUT2D eigenvalue weighted by Gasteiger charge is 2.51. The lowest BCUT2D eigenvalue weighted by Crippen LogP contribution is -2.40. The lowest BCUT2D eigenvalue weighted by atomic mass is 9.89. The van der Waals surface area contributed by atoms with Crippen LogP contribution in [0.5, 0.6) is 0 Å². The Morgan fingerprint density at radius 3 is 2.42 bits per heavy atom. The molecule has 1 heterocycles. The van der Waals surface area contributed by atoms with E-state index in [9.17, 15) is 14.4 Å². The van der Waals surface area contributed by atoms with Gasteiger partial charge in [-0.05, 0) is 34.6 Å². The van der Waals surface area contributed by atoms with Gasteiger partial charge in [0.15, 0.2) is 5.78 Å². The molecule has 108 valence electrons. The predicted octanol–water partition coefficient (Wildman–Crippen LogP) is 1.38. The summed E-state index contributed by atoms with van der Waals surface area (Å²) in [5.74, 6) is -0.914. The number of likely N-dealkylation sites (tertiary alicyclic amines) is 1. The molecule has 19 heavy (non-hydrogen) atoms. The Morgan fingerprint density at radius 2 is 1.95 bits per heavy atom. The third-order valence-corrected chi connectivity index (χ3v) is 2.83. The van der Waals surface area contributed by atoms with Crippen LogP contribution in [-0.2, 0) is 19.1 Å². The van der Waals surface area contributed by atoms with Crippen LogP contribution in [0.15, 0.2) is 0 Å². The van der Waals surface area contributed by atoms with Gasteiger partial charge in [-0.25, -0.2) is 4.79 Å². The Balaban J connectivity index is 2.77. The Morgan fingerprint density at radius 1 is 1.37 bits per heavy atom. The summed E-state index contributed by atoms with van der Waals surface area (Å²) in [4.78, 5) is 36.9. The fourth-order valence-corrected chi connectivity index (χ4v) is 1.80. The summed E-state index contributed by atoms with van der Waals surface area (Å²) in [6.07, 6.45) is -0.589. The number of rotatable bonds is 2. The Kier molecular flexibility index (Phi) is 4.22. The fraction of sp³-hybridized carbons (Fsp3) is 0.769. The van der Waals surface area contributed by atoms with Gasteiger partial charge in [0.25, 0.3) is 0 Å². The maximum atomic E-state index is 11.9. The van der Waals surface area contributed by atoms with Crippen LogP contribution < -0.4 is 0 Å². The van der Waals surface area contributed by atoms with Crippen molar-refractivity contribution in [3.8, 4) is 0 Å². The average Bonchev–Trinajstić information content (AvgIpc) is 2.55. The Bertz CT molecular complexity index is 398. The summed E-state index contributed by atoms with van der Waals surface area (Å²) in [6.45, 7) is 8.48. The first-order valence-electron chi connectivity index (χ1n) is 6.28. The first-order chi connectivity index (χ1) is 8.60. The zero-order valence-electron chi connectivity index (χ0n) is 12.1. The first kappa shape index (κ1) is 15.5. The number of amides is 1. The van der Waals surface area contributed by atoms with Crippen molar-refractivity contribution < 1.29 is 23.9 Å². The topological polar surface area (TPSA) is 72.9 Å². The number of ether oxygens (including phenoxy) is 2. The molecule has 1 aliphatic rings. The normalized spacial score (nSPS) is 23.4. The minimum atomic E-state index is -1.28. The monoisotopic (exact) mass is 271 g/mol. The van der Waals surface area contributed by atoms with Gasteiger partial charge < -0.3 is 9.47 Å². The molecular formula is C13H21NO5. The zero-order valence-corrected chi connectivity index (χ0v) is 12.1. The van der Waals surface area contributed by atoms with Crippen LogP contribution in [0.4, 0.5) is 4.79 Å². The lowest BCUT2D eigenvalue weighted by Gasteiger charge is -2.25. The van der Waals surface area contributed by atoms with Crippen LogP contribution in [0.2, 0.25) is 0 Å². The molecule has 1 rings (SSSR count). The van der Waals surface area contributed by atoms with E-state index < -0.39 is 23.1 Å². The molecule has 6 heteroatoms. The fourth-order valence-electron chi connectivity index (χ4n) is 1.80. The molecule has 1 saturated heterocycles. The third-order valence-electron chi connectivity index (χ3n) is 2.83. The molecule has 0 aromatic rings. The summed E-state index contributed by atoms with van der Waals surface area (Å²) >= 11 is 0. The highest BCUT2D eigenvalue weighted by Crippen LogP contribution is 2.29. The predicted molar refractivity (Wildman–Crippen MR) is 67.6 cm³/mol. The van der Waals surface area contributed by atoms with Crippen molar-refractivity contribution in [2.45, 2.75) is 40.2 Å². The van der Waals surface area contributed by atoms with E-state index >= 15 is 0 Å². The van der Waals surface area contributed by atoms with Gasteiger partial charge in [-0.1, -0.05) is 0 Å². The van der Waals surface area contributed by atoms with E-state index in [1.54, 1.807) is 27.7 Å². The van der Waals surface area contributed by atoms with Gasteiger partial charge in [0.05, 0.1) is 13.2 Å². The van der Waals surface area contributed by atoms with Gasteiger partial charge in [0.2, 0.25) is 0 Å². The van der Waals surface area contributed by atoms with Crippen LogP contribution in [0.25, 0.3) is 0 Å². The number of nitrogens with zero attached hydrogens (tertiary/aromatic N) is 1. The standard InChI is InChI=1S/C13H21NO5/c1-6-18-10(16)13(5)8-14(7-9(13)15)11(17)19-12(2,3)4/h6-8H2,1-5H3/t13-/m0/s1. The molecule has 1 amide bonds. The maximum Gasteiger partial charge on any atom is 0.410 e. The average molecular weight is 271 g/mol. The highest BCUT2D eigenvalue weighted by molar-refractivity contribution is 6.07. The van der Waals surface area contributed by atoms with E-state index in [-0.39, 0.29) is 25.5 Å². The number of hydrogen-bond acceptors (Lipinski definition) is 5. The number of Topliss-reactive ketones (excluding diaryl/α,β-unsaturated/α-hetero) is 1. The summed E-state index contributed by atoms with van der Waals surface area (Å²) in [6, 6.07) is 0. The smallest absolute Gasteiger partial charge is 0.410 e. The van der Waals surface area contributed by atoms with E-state index in [0.717, 1.165) is 0 Å². The molecule has 0 bridgehead atoms. The van der Waals surface area contributed by atoms with Crippen molar-refractivity contribution in [3.63, 3.8) is 0 Å². The molecule has 0 aromatic heterocycles. The summed E-state index contributed by atoms with van der Waals surface area (Å²) in [5, 5.41) is 0. The van der Waals surface area contributed by atoms with Crippen LogP contribution >= 0.6 is 0 Å². The minimum Gasteiger partial charge on any atom is -0.465 e. The minimum absolute atomic E-state index is 0.000417. The van der Waals surface area contributed by atoms with Gasteiger partial charge >= 0.3 is 12.1 Å². The van der Waals surface area contributed by atoms with Gasteiger partial charge in [-0.15, -0.1) is 0 Å². The number of hydrogen-bond donors (Lipinski definition) is 0. The highest BCUT2D eigenvalue weighted by atomic mass is 16.6. The van der Waals surface area contributed by atoms with Crippen LogP contribution in [0, 0.1) is 5.41 Å². The van der Waals surface area contributed by atoms with Gasteiger partial charge in [0.1, 0.15) is 11.0 Å². The molecule has 0 spiro atoms. The molecule has 0 unspecified atom stereocenters. The number of ketones is 1. The summed E-state index contributed by atoms with van der Waals surface area (Å²) in [7, 11) is 0. The van der Waals surface area contributed by atoms with Crippen molar-refractivity contribution in [1.29, 1.82) is 0 Å². The van der Waals surface area contributed by atoms with E-state index in [0.29, 0.717) is 0 Å². The second-order valence-electron chi connectivity index (χ2n) is 5.81. The van der Waals surface area contributed by atoms with Crippen molar-refractivity contribution in [1.82, 2.24) is 4.90 Å². The molecular weight excluding hydrogens is 250 g/mol. The third kappa shape index (κ3) is 3.45. The molecule has 6 nitrogen and oxygen atoms in total. The molecule has 1 atom stereocenters. The molecule has 0 aromatic carbocycles. The number of carbonyl (C=O) groups is 3. The van der Waals surface area contributed by atoms with Crippen LogP contribution in [0.3, 0.4) is 0 Å². The van der Waals surface area contributed by atoms with Crippen molar-refractivity contribution in [3.05, 3.63) is 0 Å². The van der Waals surface area contributed by atoms with Crippen LogP contribution in [0.1, 0.15) is 34.6 Å². The lowest BCUT2D eigenvalue weighted by molar-refractivity contribution is -0.156. The Hall–Kier alpha value is -1.59. The van der Waals surface area contributed by atoms with Crippen molar-refractivity contribution in [2.75, 3.05) is 19.7 Å². The molecule has 0 radical (unpaired) electrons. The second-order valence-corrected chi connectivity index (χ2v) is 5.81. The van der Waals surface area contributed by atoms with Crippen molar-refractivity contribution in [2.24, 2.45) is 5.41 Å². The molecule has 0 N–H and O–H groups in total. The van der Waals surface area contributed by atoms with Gasteiger partial charge in [-0.3, -0.25) is 14.5 Å². The first-order valence-corrected chi connectivity index (χ1v) is 6.28. The zero-order chi connectivity index (χ0) is 14.8. The Labute approximate surface area is 113 Å². The molecule has 1 fully saturated rings. The molecule has 0 saturated carbocycles. The van der Waals surface area contributed by atoms with E-state index in [4.69, 9.17) is 9.47 Å². The van der Waals surface area contributed by atoms with E-state index in [1.807, 2.05) is 0 Å². The molecule has 0 aliphatic carbocycles. The van der Waals surface area contributed by atoms with Crippen molar-refractivity contribution >= 4 is 17.8 Å². The number of carbonyl (C=O) groups excluding carboxylic acids is 3. The second kappa shape index (κ2) is 5.19. The number of esters is 1. The summed E-state index contributed by atoms with van der Waals surface area (Å²) in [5.41, 5.74) is -1.92. The SMILES string of the molecule is CCOC(=O)[C@@]1(C)CN(C(=O)OC(C)(C)C)CC1=O. The maximum absolute atomic E-state index is 11.9. The quantitative estimate of drug-likeness (QED) is 0.560. The van der Waals surface area contributed by atoms with Crippen LogP contribution in [-0.4, -0.2) is 48.0 Å². The van der Waals surface area contributed by atoms with Gasteiger partial charge in [0, 0.05) is 6.54 Å².